The van der Waals surface area contributed by atoms with E-state index in [-0.39, 0.29) is 23.9 Å². The maximum absolute atomic E-state index is 12.1. The van der Waals surface area contributed by atoms with Gasteiger partial charge in [-0.25, -0.2) is 9.48 Å². The number of nitrogens with zero attached hydrogens (tertiary/aromatic N) is 3. The summed E-state index contributed by atoms with van der Waals surface area (Å²) in [5, 5.41) is 14.3. The summed E-state index contributed by atoms with van der Waals surface area (Å²) in [4.78, 5) is 24.1. The zero-order valence-corrected chi connectivity index (χ0v) is 14.4. The number of H-pyrrole nitrogens is 1. The normalized spacial score (nSPS) is 16.1. The van der Waals surface area contributed by atoms with E-state index < -0.39 is 5.97 Å². The molecule has 8 nitrogen and oxygen atoms in total. The molecule has 1 aromatic carbocycles. The minimum absolute atomic E-state index is 0.171. The van der Waals surface area contributed by atoms with Crippen molar-refractivity contribution in [2.24, 2.45) is 0 Å². The molecule has 26 heavy (non-hydrogen) atoms. The van der Waals surface area contributed by atoms with Gasteiger partial charge < -0.3 is 10.1 Å². The molecule has 0 saturated heterocycles. The third-order valence-electron chi connectivity index (χ3n) is 4.29. The number of para-hydroxylation sites is 1. The fraction of sp³-hybridized carbons (Fsp3) is 0.176. The number of methoxy groups -OCH3 is 1. The number of amides is 1. The second-order valence-corrected chi connectivity index (χ2v) is 6.23. The maximum atomic E-state index is 12.1. The Balaban J connectivity index is 1.78. The molecular weight excluding hydrogens is 358 g/mol. The highest BCUT2D eigenvalue weighted by atomic mass is 35.5. The average Bonchev–Trinajstić information content (AvgIpc) is 3.28. The van der Waals surface area contributed by atoms with Crippen molar-refractivity contribution in [3.05, 3.63) is 58.5 Å². The quantitative estimate of drug-likeness (QED) is 0.689. The SMILES string of the molecule is COC(=O)c1[nH]nc2c1C(c1cnn(-c3ccccc3Cl)c1)CC(=O)N2. The molecule has 9 heteroatoms. The predicted molar refractivity (Wildman–Crippen MR) is 93.6 cm³/mol. The third-order valence-corrected chi connectivity index (χ3v) is 4.61. The van der Waals surface area contributed by atoms with Crippen molar-refractivity contribution in [3.8, 4) is 5.69 Å². The van der Waals surface area contributed by atoms with Gasteiger partial charge in [-0.1, -0.05) is 23.7 Å². The number of hydrogen-bond acceptors (Lipinski definition) is 5. The molecule has 2 N–H and O–H groups in total. The van der Waals surface area contributed by atoms with Crippen LogP contribution in [0.4, 0.5) is 5.82 Å². The molecule has 0 aliphatic carbocycles. The number of carbonyl (C=O) groups excluding carboxylic acids is 2. The maximum Gasteiger partial charge on any atom is 0.356 e. The van der Waals surface area contributed by atoms with Crippen molar-refractivity contribution in [3.63, 3.8) is 0 Å². The number of anilines is 1. The van der Waals surface area contributed by atoms with Gasteiger partial charge in [0.2, 0.25) is 5.91 Å². The third kappa shape index (κ3) is 2.64. The first kappa shape index (κ1) is 16.3. The van der Waals surface area contributed by atoms with Gasteiger partial charge in [-0.3, -0.25) is 9.89 Å². The number of hydrogen-bond donors (Lipinski definition) is 2. The van der Waals surface area contributed by atoms with Gasteiger partial charge in [-0.2, -0.15) is 10.2 Å². The Labute approximate surface area is 153 Å². The molecular formula is C17H14ClN5O3. The van der Waals surface area contributed by atoms with Crippen molar-refractivity contribution >= 4 is 29.3 Å². The van der Waals surface area contributed by atoms with Crippen LogP contribution < -0.4 is 5.32 Å². The lowest BCUT2D eigenvalue weighted by atomic mass is 9.87. The molecule has 3 heterocycles. The molecule has 1 aliphatic heterocycles. The van der Waals surface area contributed by atoms with Gasteiger partial charge in [0, 0.05) is 24.1 Å². The lowest BCUT2D eigenvalue weighted by Gasteiger charge is -2.21. The fourth-order valence-electron chi connectivity index (χ4n) is 3.08. The Morgan fingerprint density at radius 2 is 2.19 bits per heavy atom. The number of ether oxygens (including phenoxy) is 1. The number of carbonyl (C=O) groups is 2. The number of aromatic nitrogens is 4. The van der Waals surface area contributed by atoms with E-state index in [0.29, 0.717) is 16.4 Å². The molecule has 1 aliphatic rings. The second kappa shape index (κ2) is 6.30. The largest absolute Gasteiger partial charge is 0.464 e. The summed E-state index contributed by atoms with van der Waals surface area (Å²) in [6, 6.07) is 7.31. The first-order valence-corrected chi connectivity index (χ1v) is 8.22. The van der Waals surface area contributed by atoms with Gasteiger partial charge in [0.25, 0.3) is 0 Å². The van der Waals surface area contributed by atoms with Gasteiger partial charge in [0.05, 0.1) is 24.0 Å². The predicted octanol–water partition coefficient (Wildman–Crippen LogP) is 2.51. The molecule has 3 aromatic rings. The van der Waals surface area contributed by atoms with Crippen molar-refractivity contribution in [2.45, 2.75) is 12.3 Å². The van der Waals surface area contributed by atoms with Crippen LogP contribution in [-0.2, 0) is 9.53 Å². The zero-order valence-electron chi connectivity index (χ0n) is 13.7. The topological polar surface area (TPSA) is 102 Å². The first-order valence-electron chi connectivity index (χ1n) is 7.84. The van der Waals surface area contributed by atoms with Crippen molar-refractivity contribution < 1.29 is 14.3 Å². The van der Waals surface area contributed by atoms with E-state index in [1.54, 1.807) is 23.1 Å². The van der Waals surface area contributed by atoms with E-state index in [0.717, 1.165) is 11.3 Å². The van der Waals surface area contributed by atoms with Crippen molar-refractivity contribution in [2.75, 3.05) is 12.4 Å². The van der Waals surface area contributed by atoms with E-state index in [9.17, 15) is 9.59 Å². The number of nitrogens with one attached hydrogen (secondary N) is 2. The van der Waals surface area contributed by atoms with E-state index in [1.165, 1.54) is 7.11 Å². The zero-order chi connectivity index (χ0) is 18.3. The van der Waals surface area contributed by atoms with Gasteiger partial charge >= 0.3 is 5.97 Å². The Bertz CT molecular complexity index is 1010. The lowest BCUT2D eigenvalue weighted by Crippen LogP contribution is -2.24. The van der Waals surface area contributed by atoms with Gasteiger partial charge in [0.15, 0.2) is 5.82 Å². The summed E-state index contributed by atoms with van der Waals surface area (Å²) < 4.78 is 6.44. The highest BCUT2D eigenvalue weighted by Crippen LogP contribution is 2.38. The van der Waals surface area contributed by atoms with Crippen LogP contribution in [0.15, 0.2) is 36.7 Å². The summed E-state index contributed by atoms with van der Waals surface area (Å²) in [7, 11) is 1.29. The Morgan fingerprint density at radius 3 is 2.96 bits per heavy atom. The molecule has 0 radical (unpaired) electrons. The molecule has 0 fully saturated rings. The Kier molecular flexibility index (Phi) is 3.96. The van der Waals surface area contributed by atoms with Crippen LogP contribution in [0.25, 0.3) is 5.69 Å². The summed E-state index contributed by atoms with van der Waals surface area (Å²) >= 11 is 6.23. The molecule has 0 bridgehead atoms. The Morgan fingerprint density at radius 1 is 1.38 bits per heavy atom. The molecule has 4 rings (SSSR count). The molecule has 1 atom stereocenters. The second-order valence-electron chi connectivity index (χ2n) is 5.83. The van der Waals surface area contributed by atoms with Crippen molar-refractivity contribution in [1.82, 2.24) is 20.0 Å². The van der Waals surface area contributed by atoms with Crippen LogP contribution in [0.2, 0.25) is 5.02 Å². The molecule has 1 unspecified atom stereocenters. The first-order chi connectivity index (χ1) is 12.6. The van der Waals surface area contributed by atoms with E-state index in [2.05, 4.69) is 20.6 Å². The molecule has 132 valence electrons. The van der Waals surface area contributed by atoms with Crippen LogP contribution in [0.3, 0.4) is 0 Å². The van der Waals surface area contributed by atoms with Crippen LogP contribution in [0.5, 0.6) is 0 Å². The van der Waals surface area contributed by atoms with Gasteiger partial charge in [-0.05, 0) is 17.7 Å². The number of fused-ring (bicyclic) bond motifs is 1. The summed E-state index contributed by atoms with van der Waals surface area (Å²) in [6.07, 6.45) is 3.62. The minimum Gasteiger partial charge on any atom is -0.464 e. The standard InChI is InChI=1S/C17H14ClN5O3/c1-26-17(25)15-14-10(6-13(24)20-16(14)22-21-15)9-7-19-23(8-9)12-5-3-2-4-11(12)18/h2-5,7-8,10H,6H2,1H3,(H2,20,21,22,24). The van der Waals surface area contributed by atoms with Crippen LogP contribution >= 0.6 is 11.6 Å². The highest BCUT2D eigenvalue weighted by Gasteiger charge is 2.34. The van der Waals surface area contributed by atoms with E-state index >= 15 is 0 Å². The van der Waals surface area contributed by atoms with Gasteiger partial charge in [0.1, 0.15) is 5.69 Å². The lowest BCUT2D eigenvalue weighted by molar-refractivity contribution is -0.116. The number of rotatable bonds is 3. The number of benzene rings is 1. The van der Waals surface area contributed by atoms with E-state index in [1.807, 2.05) is 18.2 Å². The molecule has 0 saturated carbocycles. The monoisotopic (exact) mass is 371 g/mol. The molecule has 1 amide bonds. The number of esters is 1. The van der Waals surface area contributed by atoms with Gasteiger partial charge in [-0.15, -0.1) is 0 Å². The summed E-state index contributed by atoms with van der Waals surface area (Å²) in [5.41, 5.74) is 2.31. The molecule has 2 aromatic heterocycles. The minimum atomic E-state index is -0.543. The number of halogens is 1. The van der Waals surface area contributed by atoms with Crippen LogP contribution in [0.1, 0.15) is 34.0 Å². The van der Waals surface area contributed by atoms with Crippen LogP contribution in [0, 0.1) is 0 Å². The smallest absolute Gasteiger partial charge is 0.356 e. The number of aromatic amines is 1. The van der Waals surface area contributed by atoms with E-state index in [4.69, 9.17) is 16.3 Å². The summed E-state index contributed by atoms with van der Waals surface area (Å²) in [5.74, 6) is -0.769. The van der Waals surface area contributed by atoms with Crippen molar-refractivity contribution in [1.29, 1.82) is 0 Å². The highest BCUT2D eigenvalue weighted by molar-refractivity contribution is 6.32. The molecule has 0 spiro atoms. The van der Waals surface area contributed by atoms with Crippen LogP contribution in [-0.4, -0.2) is 39.0 Å². The fourth-order valence-corrected chi connectivity index (χ4v) is 3.31. The summed E-state index contributed by atoms with van der Waals surface area (Å²) in [6.45, 7) is 0. The Hall–Kier alpha value is -3.13. The average molecular weight is 372 g/mol.